The van der Waals surface area contributed by atoms with Crippen molar-refractivity contribution in [3.63, 3.8) is 0 Å². The standard InChI is InChI=1S/C50H52N6O5Si/c1-33-48(62(3,4)39-23-21-38(60-2)22-24-39)46(25-26-55-31-44(53-54-55)41(32-57)35-14-6-5-7-15-35)61-50(33)42-18-9-11-20-45(42)56(49(50)59)30-34-13-12-16-37(27-34)52-47(58)28-36-29-51-43-19-10-8-17-40(36)43/h5-24,27,29,31,33,41,46,48,51,57H,25-26,28,30,32H2,1-4H3,(H,52,58)/t33-,41?,46+,48-,50+/m0/s1. The summed E-state index contributed by atoms with van der Waals surface area (Å²) in [6.07, 6.45) is 4.37. The molecule has 0 saturated carbocycles. The van der Waals surface area contributed by atoms with Gasteiger partial charge >= 0.3 is 0 Å². The second-order valence-electron chi connectivity index (χ2n) is 17.2. The fourth-order valence-electron chi connectivity index (χ4n) is 10.2. The summed E-state index contributed by atoms with van der Waals surface area (Å²) in [7, 11) is -0.707. The lowest BCUT2D eigenvalue weighted by Gasteiger charge is -2.37. The highest BCUT2D eigenvalue weighted by Gasteiger charge is 2.66. The van der Waals surface area contributed by atoms with Gasteiger partial charge in [0, 0.05) is 47.0 Å². The molecule has 1 spiro atoms. The third-order valence-electron chi connectivity index (χ3n) is 13.3. The van der Waals surface area contributed by atoms with Gasteiger partial charge < -0.3 is 29.8 Å². The molecule has 1 fully saturated rings. The summed E-state index contributed by atoms with van der Waals surface area (Å²) in [6.45, 7) is 7.71. The number of aliphatic hydroxyl groups excluding tert-OH is 1. The topological polar surface area (TPSA) is 135 Å². The first-order valence-corrected chi connectivity index (χ1v) is 24.4. The number of fused-ring (bicyclic) bond motifs is 3. The number of aromatic nitrogens is 4. The number of benzene rings is 5. The molecule has 3 N–H and O–H groups in total. The summed E-state index contributed by atoms with van der Waals surface area (Å²) < 4.78 is 14.7. The van der Waals surface area contributed by atoms with Gasteiger partial charge in [-0.2, -0.15) is 0 Å². The van der Waals surface area contributed by atoms with Crippen molar-refractivity contribution in [2.24, 2.45) is 5.92 Å². The number of nitrogens with zero attached hydrogens (tertiary/aromatic N) is 4. The number of hydrogen-bond acceptors (Lipinski definition) is 7. The van der Waals surface area contributed by atoms with E-state index in [0.29, 0.717) is 30.9 Å². The van der Waals surface area contributed by atoms with Crippen molar-refractivity contribution in [2.75, 3.05) is 23.9 Å². The molecule has 5 atom stereocenters. The molecule has 1 unspecified atom stereocenters. The van der Waals surface area contributed by atoms with Crippen molar-refractivity contribution in [2.45, 2.75) is 69.1 Å². The lowest BCUT2D eigenvalue weighted by molar-refractivity contribution is -0.146. The molecule has 2 amide bonds. The van der Waals surface area contributed by atoms with Crippen LogP contribution in [-0.2, 0) is 39.4 Å². The Morgan fingerprint density at radius 1 is 0.968 bits per heavy atom. The summed E-state index contributed by atoms with van der Waals surface area (Å²) in [5, 5.41) is 24.7. The zero-order valence-corrected chi connectivity index (χ0v) is 36.5. The molecule has 4 heterocycles. The number of H-pyrrole nitrogens is 1. The molecular formula is C50H52N6O5Si. The van der Waals surface area contributed by atoms with Crippen LogP contribution in [-0.4, -0.2) is 64.8 Å². The number of aromatic amines is 1. The number of aryl methyl sites for hydroxylation is 1. The second kappa shape index (κ2) is 16.8. The van der Waals surface area contributed by atoms with E-state index in [1.165, 1.54) is 5.19 Å². The van der Waals surface area contributed by atoms with E-state index in [9.17, 15) is 9.90 Å². The molecule has 9 rings (SSSR count). The van der Waals surface area contributed by atoms with Crippen molar-refractivity contribution >= 4 is 47.4 Å². The van der Waals surface area contributed by atoms with E-state index in [0.717, 1.165) is 44.6 Å². The van der Waals surface area contributed by atoms with Crippen LogP contribution in [0, 0.1) is 5.92 Å². The highest BCUT2D eigenvalue weighted by molar-refractivity contribution is 6.91. The largest absolute Gasteiger partial charge is 0.497 e. The molecule has 2 aromatic heterocycles. The minimum atomic E-state index is -2.38. The van der Waals surface area contributed by atoms with E-state index in [1.807, 2.05) is 131 Å². The van der Waals surface area contributed by atoms with E-state index in [-0.39, 0.29) is 48.3 Å². The predicted molar refractivity (Wildman–Crippen MR) is 244 cm³/mol. The number of aliphatic hydroxyl groups is 1. The van der Waals surface area contributed by atoms with E-state index >= 15 is 4.79 Å². The van der Waals surface area contributed by atoms with E-state index in [2.05, 4.69) is 58.8 Å². The summed E-state index contributed by atoms with van der Waals surface area (Å²) in [5.74, 6) is 0.145. The van der Waals surface area contributed by atoms with Gasteiger partial charge in [0.05, 0.1) is 58.2 Å². The van der Waals surface area contributed by atoms with Crippen LogP contribution in [0.5, 0.6) is 5.75 Å². The van der Waals surface area contributed by atoms with Gasteiger partial charge in [-0.05, 0) is 65.1 Å². The third-order valence-corrected chi connectivity index (χ3v) is 17.6. The van der Waals surface area contributed by atoms with Gasteiger partial charge in [0.2, 0.25) is 5.91 Å². The molecule has 0 aliphatic carbocycles. The number of hydrogen-bond donors (Lipinski definition) is 3. The average molecular weight is 845 g/mol. The fourth-order valence-corrected chi connectivity index (χ4v) is 14.2. The van der Waals surface area contributed by atoms with Crippen LogP contribution in [0.4, 0.5) is 11.4 Å². The van der Waals surface area contributed by atoms with Crippen LogP contribution in [0.1, 0.15) is 47.2 Å². The second-order valence-corrected chi connectivity index (χ2v) is 21.9. The number of rotatable bonds is 14. The summed E-state index contributed by atoms with van der Waals surface area (Å²) in [4.78, 5) is 33.8. The van der Waals surface area contributed by atoms with Gasteiger partial charge in [-0.15, -0.1) is 5.10 Å². The van der Waals surface area contributed by atoms with Crippen molar-refractivity contribution in [1.29, 1.82) is 0 Å². The molecule has 0 radical (unpaired) electrons. The number of nitrogens with one attached hydrogen (secondary N) is 2. The molecule has 11 nitrogen and oxygen atoms in total. The van der Waals surface area contributed by atoms with E-state index in [4.69, 9.17) is 9.47 Å². The summed E-state index contributed by atoms with van der Waals surface area (Å²) >= 11 is 0. The first kappa shape index (κ1) is 41.0. The molecule has 2 aliphatic heterocycles. The van der Waals surface area contributed by atoms with Crippen molar-refractivity contribution in [3.8, 4) is 5.75 Å². The number of amides is 2. The van der Waals surface area contributed by atoms with Crippen LogP contribution in [0.2, 0.25) is 18.6 Å². The number of anilines is 2. The van der Waals surface area contributed by atoms with Crippen LogP contribution in [0.3, 0.4) is 0 Å². The Labute approximate surface area is 362 Å². The SMILES string of the molecule is COc1ccc([Si](C)(C)[C@@H]2[C@@H](CCn3cc(C(CO)c4ccccc4)nn3)O[C@]3(C(=O)N(Cc4cccc(NC(=O)Cc5c[nH]c6ccccc56)c4)c4ccccc43)[C@H]2C)cc1. The van der Waals surface area contributed by atoms with Crippen molar-refractivity contribution in [1.82, 2.24) is 20.0 Å². The molecule has 2 aliphatic rings. The highest BCUT2D eigenvalue weighted by atomic mass is 28.3. The molecule has 7 aromatic rings. The van der Waals surface area contributed by atoms with E-state index < -0.39 is 13.7 Å². The maximum Gasteiger partial charge on any atom is 0.264 e. The molecule has 62 heavy (non-hydrogen) atoms. The summed E-state index contributed by atoms with van der Waals surface area (Å²) in [5.41, 5.74) is 5.71. The Morgan fingerprint density at radius 2 is 1.73 bits per heavy atom. The molecular weight excluding hydrogens is 793 g/mol. The van der Waals surface area contributed by atoms with Gasteiger partial charge in [0.1, 0.15) is 5.75 Å². The maximum absolute atomic E-state index is 15.4. The molecule has 1 saturated heterocycles. The van der Waals surface area contributed by atoms with Crippen molar-refractivity contribution < 1.29 is 24.2 Å². The number of methoxy groups -OCH3 is 1. The molecule has 5 aromatic carbocycles. The number of carbonyl (C=O) groups is 2. The van der Waals surface area contributed by atoms with Crippen LogP contribution >= 0.6 is 0 Å². The third kappa shape index (κ3) is 7.41. The van der Waals surface area contributed by atoms with Crippen LogP contribution < -0.4 is 20.1 Å². The Balaban J connectivity index is 0.997. The maximum atomic E-state index is 15.4. The minimum Gasteiger partial charge on any atom is -0.497 e. The molecule has 12 heteroatoms. The molecule has 0 bridgehead atoms. The van der Waals surface area contributed by atoms with Gasteiger partial charge in [-0.1, -0.05) is 121 Å². The summed E-state index contributed by atoms with van der Waals surface area (Å²) in [6, 6.07) is 42.0. The van der Waals surface area contributed by atoms with Crippen molar-refractivity contribution in [3.05, 3.63) is 168 Å². The lowest BCUT2D eigenvalue weighted by Crippen LogP contribution is -2.51. The Kier molecular flexibility index (Phi) is 11.1. The zero-order valence-electron chi connectivity index (χ0n) is 35.5. The number of para-hydroxylation sites is 2. The average Bonchev–Trinajstić information content (AvgIpc) is 4.05. The monoisotopic (exact) mass is 844 g/mol. The lowest BCUT2D eigenvalue weighted by atomic mass is 9.82. The van der Waals surface area contributed by atoms with Gasteiger partial charge in [0.15, 0.2) is 5.60 Å². The quantitative estimate of drug-likeness (QED) is 0.0948. The Morgan fingerprint density at radius 3 is 2.52 bits per heavy atom. The minimum absolute atomic E-state index is 0.0426. The van der Waals surface area contributed by atoms with Gasteiger partial charge in [-0.3, -0.25) is 14.3 Å². The predicted octanol–water partition coefficient (Wildman–Crippen LogP) is 7.93. The van der Waals surface area contributed by atoms with E-state index in [1.54, 1.807) is 7.11 Å². The number of ether oxygens (including phenoxy) is 2. The Hall–Kier alpha value is -6.34. The normalized spacial score (nSPS) is 20.2. The highest BCUT2D eigenvalue weighted by Crippen LogP contribution is 2.60. The first-order chi connectivity index (χ1) is 30.1. The fraction of sp³-hybridized carbons (Fsp3) is 0.280. The Bertz CT molecular complexity index is 2720. The number of carbonyl (C=O) groups excluding carboxylic acids is 2. The van der Waals surface area contributed by atoms with Crippen LogP contribution in [0.15, 0.2) is 140 Å². The zero-order chi connectivity index (χ0) is 43.0. The first-order valence-electron chi connectivity index (χ1n) is 21.3. The van der Waals surface area contributed by atoms with Gasteiger partial charge in [0.25, 0.3) is 5.91 Å². The van der Waals surface area contributed by atoms with Gasteiger partial charge in [-0.25, -0.2) is 0 Å². The molecule has 316 valence electrons. The smallest absolute Gasteiger partial charge is 0.264 e. The van der Waals surface area contributed by atoms with Crippen LogP contribution in [0.25, 0.3) is 10.9 Å².